The maximum absolute atomic E-state index is 10.5. The summed E-state index contributed by atoms with van der Waals surface area (Å²) in [4.78, 5) is 10.5. The summed E-state index contributed by atoms with van der Waals surface area (Å²) in [5.74, 6) is 0.655. The molecule has 0 atom stereocenters. The van der Waals surface area contributed by atoms with Gasteiger partial charge < -0.3 is 19.3 Å². The predicted molar refractivity (Wildman–Crippen MR) is 92.1 cm³/mol. The van der Waals surface area contributed by atoms with E-state index in [0.29, 0.717) is 41.0 Å². The number of carboxylic acids is 1. The number of aliphatic carboxylic acids is 1. The highest BCUT2D eigenvalue weighted by Gasteiger charge is 2.06. The third kappa shape index (κ3) is 5.21. The summed E-state index contributed by atoms with van der Waals surface area (Å²) in [5, 5.41) is 9.19. The normalized spacial score (nSPS) is 10.6. The molecule has 126 valence electrons. The van der Waals surface area contributed by atoms with Crippen molar-refractivity contribution >= 4 is 23.6 Å². The largest absolute Gasteiger partial charge is 0.493 e. The minimum absolute atomic E-state index is 0.311. The van der Waals surface area contributed by atoms with Crippen LogP contribution in [-0.4, -0.2) is 31.4 Å². The molecule has 2 rings (SSSR count). The van der Waals surface area contributed by atoms with Crippen molar-refractivity contribution in [3.05, 3.63) is 59.1 Å². The summed E-state index contributed by atoms with van der Waals surface area (Å²) in [6.07, 6.45) is 2.54. The molecule has 5 nitrogen and oxygen atoms in total. The Kier molecular flexibility index (Phi) is 6.51. The molecule has 0 heterocycles. The summed E-state index contributed by atoms with van der Waals surface area (Å²) in [7, 11) is 1.52. The fraction of sp³-hybridized carbons (Fsp3) is 0.167. The molecule has 0 aliphatic heterocycles. The van der Waals surface area contributed by atoms with Gasteiger partial charge in [-0.05, 0) is 35.9 Å². The lowest BCUT2D eigenvalue weighted by molar-refractivity contribution is -0.131. The van der Waals surface area contributed by atoms with Gasteiger partial charge in [0.2, 0.25) is 0 Å². The molecule has 2 aromatic rings. The maximum atomic E-state index is 10.5. The molecule has 24 heavy (non-hydrogen) atoms. The van der Waals surface area contributed by atoms with Gasteiger partial charge in [0.05, 0.1) is 12.1 Å². The van der Waals surface area contributed by atoms with E-state index in [1.54, 1.807) is 30.3 Å². The van der Waals surface area contributed by atoms with Crippen LogP contribution in [0.4, 0.5) is 0 Å². The fourth-order valence-corrected chi connectivity index (χ4v) is 2.13. The number of para-hydroxylation sites is 1. The molecule has 0 fully saturated rings. The van der Waals surface area contributed by atoms with Crippen LogP contribution < -0.4 is 14.2 Å². The first-order valence-electron chi connectivity index (χ1n) is 7.19. The van der Waals surface area contributed by atoms with Gasteiger partial charge in [0, 0.05) is 6.08 Å². The molecule has 0 saturated heterocycles. The number of hydrogen-bond donors (Lipinski definition) is 1. The van der Waals surface area contributed by atoms with E-state index in [0.717, 1.165) is 6.08 Å². The first kappa shape index (κ1) is 17.7. The lowest BCUT2D eigenvalue weighted by atomic mass is 10.2. The molecule has 0 spiro atoms. The monoisotopic (exact) mass is 348 g/mol. The van der Waals surface area contributed by atoms with E-state index in [2.05, 4.69) is 0 Å². The van der Waals surface area contributed by atoms with Crippen LogP contribution >= 0.6 is 11.6 Å². The molecule has 0 aliphatic carbocycles. The van der Waals surface area contributed by atoms with Gasteiger partial charge in [-0.3, -0.25) is 0 Å². The second kappa shape index (κ2) is 8.84. The van der Waals surface area contributed by atoms with Crippen LogP contribution in [0.3, 0.4) is 0 Å². The number of benzene rings is 2. The molecule has 0 aliphatic rings. The molecule has 0 bridgehead atoms. The lowest BCUT2D eigenvalue weighted by Crippen LogP contribution is -2.09. The number of methoxy groups -OCH3 is 1. The average Bonchev–Trinajstić information content (AvgIpc) is 2.58. The highest BCUT2D eigenvalue weighted by atomic mass is 35.5. The van der Waals surface area contributed by atoms with Crippen molar-refractivity contribution in [1.82, 2.24) is 0 Å². The van der Waals surface area contributed by atoms with E-state index >= 15 is 0 Å². The molecule has 0 radical (unpaired) electrons. The summed E-state index contributed by atoms with van der Waals surface area (Å²) < 4.78 is 16.4. The van der Waals surface area contributed by atoms with Gasteiger partial charge in [0.1, 0.15) is 19.0 Å². The molecular formula is C18H17ClO5. The third-order valence-corrected chi connectivity index (χ3v) is 3.35. The first-order valence-corrected chi connectivity index (χ1v) is 7.57. The van der Waals surface area contributed by atoms with E-state index in [-0.39, 0.29) is 0 Å². The van der Waals surface area contributed by atoms with Gasteiger partial charge in [-0.15, -0.1) is 0 Å². The molecule has 0 unspecified atom stereocenters. The van der Waals surface area contributed by atoms with Crippen molar-refractivity contribution in [2.45, 2.75) is 0 Å². The second-order valence-electron chi connectivity index (χ2n) is 4.71. The van der Waals surface area contributed by atoms with Crippen LogP contribution in [0.25, 0.3) is 6.08 Å². The van der Waals surface area contributed by atoms with E-state index in [4.69, 9.17) is 30.9 Å². The Hall–Kier alpha value is -2.66. The van der Waals surface area contributed by atoms with Crippen molar-refractivity contribution < 1.29 is 24.1 Å². The van der Waals surface area contributed by atoms with Gasteiger partial charge in [0.25, 0.3) is 0 Å². The Labute approximate surface area is 145 Å². The molecular weight excluding hydrogens is 332 g/mol. The Balaban J connectivity index is 1.92. The quantitative estimate of drug-likeness (QED) is 0.579. The number of carboxylic acid groups (broad SMARTS) is 1. The minimum Gasteiger partial charge on any atom is -0.493 e. The number of hydrogen-bond acceptors (Lipinski definition) is 4. The Morgan fingerprint density at radius 1 is 1.08 bits per heavy atom. The Morgan fingerprint density at radius 2 is 1.79 bits per heavy atom. The predicted octanol–water partition coefficient (Wildman–Crippen LogP) is 3.90. The summed E-state index contributed by atoms with van der Waals surface area (Å²) >= 11 is 6.00. The van der Waals surface area contributed by atoms with Gasteiger partial charge in [-0.1, -0.05) is 29.8 Å². The SMILES string of the molecule is COc1cc(C=CC(=O)O)ccc1OCCOc1ccccc1Cl. The van der Waals surface area contributed by atoms with E-state index < -0.39 is 5.97 Å². The van der Waals surface area contributed by atoms with Crippen molar-refractivity contribution in [2.24, 2.45) is 0 Å². The third-order valence-electron chi connectivity index (χ3n) is 3.04. The second-order valence-corrected chi connectivity index (χ2v) is 5.12. The van der Waals surface area contributed by atoms with Crippen LogP contribution in [-0.2, 0) is 4.79 Å². The van der Waals surface area contributed by atoms with Crippen LogP contribution in [0.15, 0.2) is 48.5 Å². The molecule has 0 saturated carbocycles. The zero-order valence-electron chi connectivity index (χ0n) is 13.1. The van der Waals surface area contributed by atoms with Crippen LogP contribution in [0.5, 0.6) is 17.2 Å². The molecule has 1 N–H and O–H groups in total. The summed E-state index contributed by atoms with van der Waals surface area (Å²) in [6.45, 7) is 0.638. The van der Waals surface area contributed by atoms with Gasteiger partial charge in [-0.2, -0.15) is 0 Å². The Bertz CT molecular complexity index is 727. The zero-order valence-corrected chi connectivity index (χ0v) is 13.8. The van der Waals surface area contributed by atoms with Gasteiger partial charge >= 0.3 is 5.97 Å². The number of ether oxygens (including phenoxy) is 3. The first-order chi connectivity index (χ1) is 11.6. The van der Waals surface area contributed by atoms with E-state index in [9.17, 15) is 4.79 Å². The van der Waals surface area contributed by atoms with Crippen molar-refractivity contribution in [3.8, 4) is 17.2 Å². The minimum atomic E-state index is -1.01. The van der Waals surface area contributed by atoms with E-state index in [1.807, 2.05) is 12.1 Å². The van der Waals surface area contributed by atoms with Crippen molar-refractivity contribution in [1.29, 1.82) is 0 Å². The zero-order chi connectivity index (χ0) is 17.4. The molecule has 2 aromatic carbocycles. The summed E-state index contributed by atoms with van der Waals surface area (Å²) in [6, 6.07) is 12.4. The van der Waals surface area contributed by atoms with Crippen LogP contribution in [0.1, 0.15) is 5.56 Å². The number of halogens is 1. The average molecular weight is 349 g/mol. The van der Waals surface area contributed by atoms with Gasteiger partial charge in [-0.25, -0.2) is 4.79 Å². The molecule has 6 heteroatoms. The summed E-state index contributed by atoms with van der Waals surface area (Å²) in [5.41, 5.74) is 0.703. The van der Waals surface area contributed by atoms with Crippen molar-refractivity contribution in [2.75, 3.05) is 20.3 Å². The van der Waals surface area contributed by atoms with Crippen LogP contribution in [0.2, 0.25) is 5.02 Å². The Morgan fingerprint density at radius 3 is 2.46 bits per heavy atom. The standard InChI is InChI=1S/C18H17ClO5/c1-22-17-12-13(7-9-18(20)21)6-8-16(17)24-11-10-23-15-5-3-2-4-14(15)19/h2-9,12H,10-11H2,1H3,(H,20,21). The number of carbonyl (C=O) groups is 1. The highest BCUT2D eigenvalue weighted by Crippen LogP contribution is 2.29. The van der Waals surface area contributed by atoms with Crippen molar-refractivity contribution in [3.63, 3.8) is 0 Å². The topological polar surface area (TPSA) is 65.0 Å². The van der Waals surface area contributed by atoms with Gasteiger partial charge in [0.15, 0.2) is 11.5 Å². The molecule has 0 amide bonds. The lowest BCUT2D eigenvalue weighted by Gasteiger charge is -2.12. The fourth-order valence-electron chi connectivity index (χ4n) is 1.94. The van der Waals surface area contributed by atoms with Crippen LogP contribution in [0, 0.1) is 0 Å². The number of rotatable bonds is 8. The molecule has 0 aromatic heterocycles. The maximum Gasteiger partial charge on any atom is 0.328 e. The highest BCUT2D eigenvalue weighted by molar-refractivity contribution is 6.32. The van der Waals surface area contributed by atoms with E-state index in [1.165, 1.54) is 13.2 Å². The smallest absolute Gasteiger partial charge is 0.328 e.